The molecular weight excluding hydrogens is 97.1 g/mol. The molecule has 0 aromatic carbocycles. The molecule has 0 fully saturated rings. The number of halogens is 1. The molecule has 0 aliphatic carbocycles. The molecule has 0 N–H and O–H groups in total. The van der Waals surface area contributed by atoms with Crippen molar-refractivity contribution >= 4 is 10.6 Å². The topological polar surface area (TPSA) is 3.24 Å². The summed E-state index contributed by atoms with van der Waals surface area (Å²) in [6.07, 6.45) is 0. The molecule has 0 rings (SSSR count). The van der Waals surface area contributed by atoms with Crippen LogP contribution in [0.5, 0.6) is 0 Å². The Labute approximate surface area is 41.7 Å². The minimum absolute atomic E-state index is 0.194. The van der Waals surface area contributed by atoms with E-state index in [9.17, 15) is 4.11 Å². The third kappa shape index (κ3) is 3470. The van der Waals surface area contributed by atoms with E-state index in [1.807, 2.05) is 26.0 Å². The molecule has 0 aromatic rings. The first-order valence-electron chi connectivity index (χ1n) is 1.72. The lowest BCUT2D eigenvalue weighted by Crippen LogP contribution is -1.99. The highest BCUT2D eigenvalue weighted by atomic mass is 28.2. The Morgan fingerprint density at radius 3 is 1.17 bits per heavy atom. The van der Waals surface area contributed by atoms with Gasteiger partial charge in [0, 0.05) is 0 Å². The van der Waals surface area contributed by atoms with Gasteiger partial charge in [0.25, 0.3) is 0 Å². The van der Waals surface area contributed by atoms with Crippen molar-refractivity contribution in [1.82, 2.24) is 4.90 Å². The molecule has 0 amide bonds. The van der Waals surface area contributed by atoms with Crippen LogP contribution in [0.4, 0.5) is 4.11 Å². The van der Waals surface area contributed by atoms with E-state index in [0.29, 0.717) is 0 Å². The Hall–Kier alpha value is 0.107. The molecule has 6 heavy (non-hydrogen) atoms. The monoisotopic (exact) mass is 109 g/mol. The van der Waals surface area contributed by atoms with Gasteiger partial charge in [-0.3, -0.25) is 0 Å². The maximum absolute atomic E-state index is 9.64. The summed E-state index contributed by atoms with van der Waals surface area (Å²) in [6, 6.07) is 0. The second kappa shape index (κ2) is 8.92. The molecule has 1 nitrogen and oxygen atoms in total. The Morgan fingerprint density at radius 1 is 1.17 bits per heavy atom. The van der Waals surface area contributed by atoms with Crippen molar-refractivity contribution in [1.29, 1.82) is 0 Å². The van der Waals surface area contributed by atoms with Crippen molar-refractivity contribution in [2.45, 2.75) is 0 Å². The van der Waals surface area contributed by atoms with Gasteiger partial charge in [0.15, 0.2) is 0 Å². The van der Waals surface area contributed by atoms with Gasteiger partial charge >= 0.3 is 0 Å². The Morgan fingerprint density at radius 2 is 1.17 bits per heavy atom. The van der Waals surface area contributed by atoms with Crippen LogP contribution >= 0.6 is 0 Å². The molecular formula is C3H12FNSi. The molecule has 40 valence electrons. The standard InChI is InChI=1S/C3H9N.FH3Si/c1-4(2)3;1-2/h1-3H3;2H3. The zero-order valence-electron chi connectivity index (χ0n) is 4.83. The predicted octanol–water partition coefficient (Wildman–Crippen LogP) is -0.586. The van der Waals surface area contributed by atoms with Crippen LogP contribution in [-0.4, -0.2) is 36.6 Å². The molecule has 0 aliphatic heterocycles. The quantitative estimate of drug-likeness (QED) is 0.297. The van der Waals surface area contributed by atoms with Crippen LogP contribution in [0.25, 0.3) is 0 Å². The fraction of sp³-hybridized carbons (Fsp3) is 1.00. The lowest BCUT2D eigenvalue weighted by Gasteiger charge is -1.90. The van der Waals surface area contributed by atoms with Gasteiger partial charge in [-0.1, -0.05) is 0 Å². The maximum atomic E-state index is 9.64. The van der Waals surface area contributed by atoms with Gasteiger partial charge in [-0.2, -0.15) is 0 Å². The molecule has 0 aromatic heterocycles. The van der Waals surface area contributed by atoms with Crippen LogP contribution in [0.2, 0.25) is 0 Å². The van der Waals surface area contributed by atoms with E-state index in [2.05, 4.69) is 0 Å². The molecule has 0 saturated heterocycles. The zero-order chi connectivity index (χ0) is 5.58. The van der Waals surface area contributed by atoms with Crippen LogP contribution in [0, 0.1) is 0 Å². The second-order valence-corrected chi connectivity index (χ2v) is 1.34. The normalized spacial score (nSPS) is 7.50. The zero-order valence-corrected chi connectivity index (χ0v) is 6.83. The molecule has 0 aliphatic rings. The van der Waals surface area contributed by atoms with Gasteiger partial charge in [-0.05, 0) is 21.1 Å². The van der Waals surface area contributed by atoms with Crippen LogP contribution in [0.3, 0.4) is 0 Å². The molecule has 0 heterocycles. The molecule has 3 heteroatoms. The van der Waals surface area contributed by atoms with E-state index in [1.165, 1.54) is 0 Å². The van der Waals surface area contributed by atoms with Crippen molar-refractivity contribution in [2.24, 2.45) is 0 Å². The minimum Gasteiger partial charge on any atom is -0.327 e. The summed E-state index contributed by atoms with van der Waals surface area (Å²) in [6.45, 7) is 0. The average molecular weight is 109 g/mol. The van der Waals surface area contributed by atoms with Crippen LogP contribution < -0.4 is 0 Å². The van der Waals surface area contributed by atoms with Crippen LogP contribution in [0.1, 0.15) is 0 Å². The number of nitrogens with zero attached hydrogens (tertiary/aromatic N) is 1. The van der Waals surface area contributed by atoms with Crippen molar-refractivity contribution in [3.05, 3.63) is 0 Å². The van der Waals surface area contributed by atoms with E-state index >= 15 is 0 Å². The van der Waals surface area contributed by atoms with Gasteiger partial charge in [-0.15, -0.1) is 0 Å². The predicted molar refractivity (Wildman–Crippen MR) is 30.7 cm³/mol. The molecule has 0 bridgehead atoms. The summed E-state index contributed by atoms with van der Waals surface area (Å²) in [5.74, 6) is 0. The van der Waals surface area contributed by atoms with E-state index in [-0.39, 0.29) is 10.6 Å². The molecule has 0 radical (unpaired) electrons. The van der Waals surface area contributed by atoms with Gasteiger partial charge in [0.05, 0.1) is 0 Å². The van der Waals surface area contributed by atoms with Gasteiger partial charge in [-0.25, -0.2) is 0 Å². The fourth-order valence-corrected chi connectivity index (χ4v) is 0. The smallest absolute Gasteiger partial charge is 0.201 e. The number of rotatable bonds is 0. The van der Waals surface area contributed by atoms with E-state index in [4.69, 9.17) is 0 Å². The first-order valence-corrected chi connectivity index (χ1v) is 2.48. The summed E-state index contributed by atoms with van der Waals surface area (Å²) in [5.41, 5.74) is 0. The highest BCUT2D eigenvalue weighted by Gasteiger charge is 1.58. The number of hydrogen-bond acceptors (Lipinski definition) is 1. The molecule has 0 spiro atoms. The lowest BCUT2D eigenvalue weighted by molar-refractivity contribution is 0.505. The average Bonchev–Trinajstić information content (AvgIpc) is 1.41. The van der Waals surface area contributed by atoms with Gasteiger partial charge < -0.3 is 9.01 Å². The maximum Gasteiger partial charge on any atom is 0.201 e. The summed E-state index contributed by atoms with van der Waals surface area (Å²) in [7, 11) is 5.81. The first-order chi connectivity index (χ1) is 2.73. The van der Waals surface area contributed by atoms with Crippen molar-refractivity contribution in [2.75, 3.05) is 21.1 Å². The largest absolute Gasteiger partial charge is 0.327 e. The highest BCUT2D eigenvalue weighted by molar-refractivity contribution is 5.96. The Kier molecular flexibility index (Phi) is 14.0. The Bertz CT molecular complexity index is 15.5. The highest BCUT2D eigenvalue weighted by Crippen LogP contribution is 1.47. The molecule has 0 atom stereocenters. The molecule has 0 saturated carbocycles. The second-order valence-electron chi connectivity index (χ2n) is 1.34. The third-order valence-corrected chi connectivity index (χ3v) is 0. The summed E-state index contributed by atoms with van der Waals surface area (Å²) in [5, 5.41) is 0. The summed E-state index contributed by atoms with van der Waals surface area (Å²) >= 11 is 0. The van der Waals surface area contributed by atoms with E-state index in [0.717, 1.165) is 0 Å². The van der Waals surface area contributed by atoms with E-state index in [1.54, 1.807) is 0 Å². The van der Waals surface area contributed by atoms with Crippen molar-refractivity contribution in [3.8, 4) is 0 Å². The van der Waals surface area contributed by atoms with E-state index < -0.39 is 0 Å². The number of hydrogen-bond donors (Lipinski definition) is 0. The minimum atomic E-state index is -0.194. The third-order valence-electron chi connectivity index (χ3n) is 0. The van der Waals surface area contributed by atoms with Gasteiger partial charge in [0.1, 0.15) is 0 Å². The van der Waals surface area contributed by atoms with Crippen LogP contribution in [0.15, 0.2) is 0 Å². The van der Waals surface area contributed by atoms with Crippen molar-refractivity contribution in [3.63, 3.8) is 0 Å². The molecule has 0 unspecified atom stereocenters. The summed E-state index contributed by atoms with van der Waals surface area (Å²) < 4.78 is 9.64. The first kappa shape index (κ1) is 9.44. The fourth-order valence-electron chi connectivity index (χ4n) is 0. The van der Waals surface area contributed by atoms with Gasteiger partial charge in [0.2, 0.25) is 10.6 Å². The van der Waals surface area contributed by atoms with Crippen LogP contribution in [-0.2, 0) is 0 Å². The summed E-state index contributed by atoms with van der Waals surface area (Å²) in [4.78, 5) is 2.00. The lowest BCUT2D eigenvalue weighted by atomic mass is 11.0. The Balaban J connectivity index is 0. The van der Waals surface area contributed by atoms with Crippen molar-refractivity contribution < 1.29 is 4.11 Å². The SMILES string of the molecule is CN(C)C.F[SiH3].